The van der Waals surface area contributed by atoms with E-state index in [0.29, 0.717) is 5.92 Å². The number of anilines is 1. The van der Waals surface area contributed by atoms with Crippen LogP contribution < -0.4 is 5.32 Å². The summed E-state index contributed by atoms with van der Waals surface area (Å²) < 4.78 is 2.11. The molecule has 4 nitrogen and oxygen atoms in total. The van der Waals surface area contributed by atoms with Gasteiger partial charge in [-0.25, -0.2) is 4.68 Å². The van der Waals surface area contributed by atoms with Crippen LogP contribution in [-0.4, -0.2) is 34.3 Å². The van der Waals surface area contributed by atoms with Gasteiger partial charge >= 0.3 is 0 Å². The van der Waals surface area contributed by atoms with Gasteiger partial charge in [0.05, 0.1) is 11.4 Å². The molecule has 1 N–H and O–H groups in total. The first-order chi connectivity index (χ1) is 15.2. The van der Waals surface area contributed by atoms with Gasteiger partial charge in [0.15, 0.2) is 0 Å². The number of hydrogen-bond acceptors (Lipinski definition) is 3. The minimum atomic E-state index is 0.530. The number of hydrogen-bond donors (Lipinski definition) is 1. The van der Waals surface area contributed by atoms with E-state index in [0.717, 1.165) is 48.9 Å². The lowest BCUT2D eigenvalue weighted by Crippen LogP contribution is -2.32. The first-order valence-corrected chi connectivity index (χ1v) is 12.0. The largest absolute Gasteiger partial charge is 0.370 e. The summed E-state index contributed by atoms with van der Waals surface area (Å²) in [6.07, 6.45) is 5.88. The minimum absolute atomic E-state index is 0.530. The third kappa shape index (κ3) is 4.37. The number of halogens is 1. The van der Waals surface area contributed by atoms with E-state index in [1.54, 1.807) is 0 Å². The van der Waals surface area contributed by atoms with E-state index in [-0.39, 0.29) is 0 Å². The second-order valence-electron chi connectivity index (χ2n) is 8.98. The molecule has 162 valence electrons. The van der Waals surface area contributed by atoms with Crippen LogP contribution in [0.15, 0.2) is 48.5 Å². The Bertz CT molecular complexity index is 1040. The molecule has 1 fully saturated rings. The average Bonchev–Trinajstić information content (AvgIpc) is 2.98. The standard InChI is InChI=1S/C26H31ClN4/c1-19-10-11-22(17-24(19)27)31-26-23(9-5-6-14-28-26)25(29-31)21-12-15-30(16-13-21)18-20-7-3-2-4-8-20/h2-4,7-8,10-11,17,21,28H,5-6,9,12-16,18H2,1H3. The molecule has 2 aliphatic rings. The van der Waals surface area contributed by atoms with Crippen LogP contribution in [0.3, 0.4) is 0 Å². The zero-order valence-electron chi connectivity index (χ0n) is 18.3. The number of benzene rings is 2. The Hall–Kier alpha value is -2.30. The highest BCUT2D eigenvalue weighted by Gasteiger charge is 2.29. The lowest BCUT2D eigenvalue weighted by atomic mass is 9.90. The fraction of sp³-hybridized carbons (Fsp3) is 0.423. The first-order valence-electron chi connectivity index (χ1n) is 11.6. The number of fused-ring (bicyclic) bond motifs is 1. The second-order valence-corrected chi connectivity index (χ2v) is 9.38. The maximum absolute atomic E-state index is 6.45. The Balaban J connectivity index is 1.39. The number of aromatic nitrogens is 2. The summed E-state index contributed by atoms with van der Waals surface area (Å²) in [6.45, 7) is 6.36. The number of nitrogens with one attached hydrogen (secondary N) is 1. The van der Waals surface area contributed by atoms with Gasteiger partial charge < -0.3 is 5.32 Å². The van der Waals surface area contributed by atoms with Crippen LogP contribution in [0.2, 0.25) is 5.02 Å². The molecule has 2 aliphatic heterocycles. The van der Waals surface area contributed by atoms with Gasteiger partial charge in [-0.15, -0.1) is 0 Å². The zero-order valence-corrected chi connectivity index (χ0v) is 19.0. The molecule has 31 heavy (non-hydrogen) atoms. The molecule has 0 radical (unpaired) electrons. The third-order valence-electron chi connectivity index (χ3n) is 6.78. The lowest BCUT2D eigenvalue weighted by molar-refractivity contribution is 0.203. The van der Waals surface area contributed by atoms with Crippen molar-refractivity contribution in [2.45, 2.75) is 51.5 Å². The molecule has 1 aromatic heterocycles. The number of piperidine rings is 1. The predicted molar refractivity (Wildman–Crippen MR) is 128 cm³/mol. The Labute approximate surface area is 190 Å². The first kappa shape index (κ1) is 20.6. The van der Waals surface area contributed by atoms with Gasteiger partial charge in [0.1, 0.15) is 5.82 Å². The molecule has 0 bridgehead atoms. The third-order valence-corrected chi connectivity index (χ3v) is 7.19. The predicted octanol–water partition coefficient (Wildman–Crippen LogP) is 5.96. The Kier molecular flexibility index (Phi) is 6.02. The number of nitrogens with zero attached hydrogens (tertiary/aromatic N) is 3. The Morgan fingerprint density at radius 3 is 2.65 bits per heavy atom. The number of likely N-dealkylation sites (tertiary alicyclic amines) is 1. The molecule has 0 saturated carbocycles. The molecule has 3 heterocycles. The van der Waals surface area contributed by atoms with E-state index in [1.807, 2.05) is 13.0 Å². The van der Waals surface area contributed by atoms with Gasteiger partial charge in [0, 0.05) is 29.6 Å². The summed E-state index contributed by atoms with van der Waals surface area (Å²) in [5, 5.41) is 9.66. The second kappa shape index (κ2) is 9.05. The fourth-order valence-electron chi connectivity index (χ4n) is 4.96. The van der Waals surface area contributed by atoms with Gasteiger partial charge in [-0.1, -0.05) is 48.0 Å². The summed E-state index contributed by atoms with van der Waals surface area (Å²) in [7, 11) is 0. The Morgan fingerprint density at radius 2 is 1.87 bits per heavy atom. The van der Waals surface area contributed by atoms with Gasteiger partial charge in [-0.3, -0.25) is 4.90 Å². The van der Waals surface area contributed by atoms with Crippen molar-refractivity contribution in [3.8, 4) is 5.69 Å². The normalized spacial score (nSPS) is 17.7. The van der Waals surface area contributed by atoms with Crippen LogP contribution in [0.5, 0.6) is 0 Å². The molecule has 5 rings (SSSR count). The van der Waals surface area contributed by atoms with Crippen LogP contribution in [0.25, 0.3) is 5.69 Å². The SMILES string of the molecule is Cc1ccc(-n2nc(C3CCN(Cc4ccccc4)CC3)c3c2NCCCC3)cc1Cl. The van der Waals surface area contributed by atoms with Gasteiger partial charge in [-0.05, 0) is 75.4 Å². The van der Waals surface area contributed by atoms with Gasteiger partial charge in [0.2, 0.25) is 0 Å². The van der Waals surface area contributed by atoms with Crippen molar-refractivity contribution in [1.29, 1.82) is 0 Å². The Morgan fingerprint density at radius 1 is 1.06 bits per heavy atom. The smallest absolute Gasteiger partial charge is 0.133 e. The van der Waals surface area contributed by atoms with Crippen LogP contribution in [0.1, 0.15) is 54.0 Å². The summed E-state index contributed by atoms with van der Waals surface area (Å²) in [6, 6.07) is 17.1. The molecule has 5 heteroatoms. The quantitative estimate of drug-likeness (QED) is 0.549. The maximum atomic E-state index is 6.45. The topological polar surface area (TPSA) is 33.1 Å². The molecule has 0 unspecified atom stereocenters. The van der Waals surface area contributed by atoms with E-state index in [1.165, 1.54) is 48.3 Å². The fourth-order valence-corrected chi connectivity index (χ4v) is 5.14. The molecule has 0 aliphatic carbocycles. The average molecular weight is 435 g/mol. The summed E-state index contributed by atoms with van der Waals surface area (Å²) >= 11 is 6.45. The van der Waals surface area contributed by atoms with Crippen LogP contribution in [0, 0.1) is 6.92 Å². The highest BCUT2D eigenvalue weighted by Crippen LogP contribution is 2.37. The highest BCUT2D eigenvalue weighted by molar-refractivity contribution is 6.31. The minimum Gasteiger partial charge on any atom is -0.370 e. The summed E-state index contributed by atoms with van der Waals surface area (Å²) in [4.78, 5) is 2.58. The molecule has 0 spiro atoms. The van der Waals surface area contributed by atoms with E-state index in [2.05, 4.69) is 57.4 Å². The van der Waals surface area contributed by atoms with Crippen molar-refractivity contribution >= 4 is 17.4 Å². The van der Waals surface area contributed by atoms with E-state index in [4.69, 9.17) is 16.7 Å². The maximum Gasteiger partial charge on any atom is 0.133 e. The molecule has 0 atom stereocenters. The van der Waals surface area contributed by atoms with Crippen molar-refractivity contribution in [1.82, 2.24) is 14.7 Å². The summed E-state index contributed by atoms with van der Waals surface area (Å²) in [5.74, 6) is 1.71. The van der Waals surface area contributed by atoms with Crippen molar-refractivity contribution in [3.05, 3.63) is 75.9 Å². The monoisotopic (exact) mass is 434 g/mol. The van der Waals surface area contributed by atoms with Crippen molar-refractivity contribution < 1.29 is 0 Å². The van der Waals surface area contributed by atoms with Gasteiger partial charge in [0.25, 0.3) is 0 Å². The van der Waals surface area contributed by atoms with Crippen LogP contribution in [0.4, 0.5) is 5.82 Å². The zero-order chi connectivity index (χ0) is 21.2. The van der Waals surface area contributed by atoms with Crippen LogP contribution in [-0.2, 0) is 13.0 Å². The van der Waals surface area contributed by atoms with E-state index >= 15 is 0 Å². The molecular weight excluding hydrogens is 404 g/mol. The van der Waals surface area contributed by atoms with Gasteiger partial charge in [-0.2, -0.15) is 5.10 Å². The molecule has 3 aromatic rings. The highest BCUT2D eigenvalue weighted by atomic mass is 35.5. The summed E-state index contributed by atoms with van der Waals surface area (Å²) in [5.41, 5.74) is 6.28. The molecule has 0 amide bonds. The van der Waals surface area contributed by atoms with Crippen molar-refractivity contribution in [2.24, 2.45) is 0 Å². The van der Waals surface area contributed by atoms with E-state index < -0.39 is 0 Å². The molecule has 2 aromatic carbocycles. The van der Waals surface area contributed by atoms with E-state index in [9.17, 15) is 0 Å². The van der Waals surface area contributed by atoms with Crippen LogP contribution >= 0.6 is 11.6 Å². The number of rotatable bonds is 4. The lowest BCUT2D eigenvalue weighted by Gasteiger charge is -2.31. The van der Waals surface area contributed by atoms with Crippen molar-refractivity contribution in [3.63, 3.8) is 0 Å². The van der Waals surface area contributed by atoms with Crippen molar-refractivity contribution in [2.75, 3.05) is 25.0 Å². The molecule has 1 saturated heterocycles. The molecular formula is C26H31ClN4. The number of aryl methyl sites for hydroxylation is 1.